The van der Waals surface area contributed by atoms with Crippen molar-refractivity contribution in [3.8, 4) is 0 Å². The molecule has 3 aromatic rings. The van der Waals surface area contributed by atoms with E-state index in [2.05, 4.69) is 10.3 Å². The van der Waals surface area contributed by atoms with Gasteiger partial charge in [0.25, 0.3) is 5.91 Å². The zero-order chi connectivity index (χ0) is 32.7. The van der Waals surface area contributed by atoms with E-state index in [-0.39, 0.29) is 56.0 Å². The van der Waals surface area contributed by atoms with Crippen LogP contribution in [-0.2, 0) is 14.3 Å². The fraction of sp³-hybridized carbons (Fsp3) is 0.344. The van der Waals surface area contributed by atoms with E-state index >= 15 is 4.39 Å². The molecule has 1 amide bonds. The quantitative estimate of drug-likeness (QED) is 0.343. The lowest BCUT2D eigenvalue weighted by molar-refractivity contribution is -0.139. The van der Waals surface area contributed by atoms with Gasteiger partial charge in [-0.3, -0.25) is 14.7 Å². The second kappa shape index (κ2) is 12.3. The number of amides is 1. The van der Waals surface area contributed by atoms with Crippen molar-refractivity contribution in [2.45, 2.75) is 32.0 Å². The van der Waals surface area contributed by atoms with Crippen LogP contribution in [0.3, 0.4) is 0 Å². The number of carbonyl (C=O) groups is 3. The Hall–Kier alpha value is -4.56. The first-order chi connectivity index (χ1) is 22.0. The summed E-state index contributed by atoms with van der Waals surface area (Å²) in [7, 11) is 0. The minimum Gasteiger partial charge on any atom is -0.478 e. The summed E-state index contributed by atoms with van der Waals surface area (Å²) in [6.07, 6.45) is 1.44. The van der Waals surface area contributed by atoms with Gasteiger partial charge in [0.1, 0.15) is 17.7 Å². The van der Waals surface area contributed by atoms with Crippen molar-refractivity contribution >= 4 is 40.7 Å². The van der Waals surface area contributed by atoms with Crippen molar-refractivity contribution < 1.29 is 37.4 Å². The van der Waals surface area contributed by atoms with Crippen molar-refractivity contribution in [1.82, 2.24) is 15.2 Å². The molecule has 2 N–H and O–H groups in total. The number of anilines is 1. The molecule has 0 unspecified atom stereocenters. The average Bonchev–Trinajstić information content (AvgIpc) is 3.65. The van der Waals surface area contributed by atoms with E-state index in [4.69, 9.17) is 9.73 Å². The van der Waals surface area contributed by atoms with Crippen LogP contribution in [0.1, 0.15) is 45.9 Å². The summed E-state index contributed by atoms with van der Waals surface area (Å²) in [4.78, 5) is 50.1. The van der Waals surface area contributed by atoms with Gasteiger partial charge in [-0.2, -0.15) is 0 Å². The Balaban J connectivity index is 1.33. The van der Waals surface area contributed by atoms with E-state index in [1.165, 1.54) is 29.5 Å². The molecule has 2 aromatic carbocycles. The van der Waals surface area contributed by atoms with Gasteiger partial charge in [0.2, 0.25) is 0 Å². The topological polar surface area (TPSA) is 124 Å². The number of aromatic nitrogens is 1. The van der Waals surface area contributed by atoms with Gasteiger partial charge in [-0.25, -0.2) is 27.7 Å². The summed E-state index contributed by atoms with van der Waals surface area (Å²) in [6.45, 7) is 3.61. The highest BCUT2D eigenvalue weighted by atomic mass is 32.1. The van der Waals surface area contributed by atoms with Crippen molar-refractivity contribution in [2.75, 3.05) is 37.7 Å². The molecule has 1 aromatic heterocycles. The Morgan fingerprint density at radius 3 is 2.70 bits per heavy atom. The van der Waals surface area contributed by atoms with Crippen molar-refractivity contribution in [1.29, 1.82) is 0 Å². The number of fused-ring (bicyclic) bond motifs is 1. The summed E-state index contributed by atoms with van der Waals surface area (Å²) in [5, 5.41) is 14.7. The summed E-state index contributed by atoms with van der Waals surface area (Å²) in [5.41, 5.74) is -1.32. The van der Waals surface area contributed by atoms with Crippen LogP contribution in [0.5, 0.6) is 0 Å². The predicted octanol–water partition coefficient (Wildman–Crippen LogP) is 4.41. The lowest BCUT2D eigenvalue weighted by Gasteiger charge is -2.38. The van der Waals surface area contributed by atoms with E-state index in [9.17, 15) is 28.3 Å². The fourth-order valence-electron chi connectivity index (χ4n) is 6.28. The van der Waals surface area contributed by atoms with Crippen molar-refractivity contribution in [3.63, 3.8) is 0 Å². The van der Waals surface area contributed by atoms with Crippen LogP contribution < -0.4 is 10.2 Å². The maximum atomic E-state index is 16.3. The molecule has 0 bridgehead atoms. The molecular weight excluding hydrogens is 623 g/mol. The number of hydrogen-bond donors (Lipinski definition) is 2. The SMILES string of the molecule is CCOC(=O)C1=C(CN2CC[C@]3(F)C(=O)N(c4ccc(C(=O)O)cc4F)C[C@@H]3C2)NC(c2nccs2)=N[C@H]1c1cccc(F)c1C. The number of carboxylic acids is 1. The molecule has 2 fully saturated rings. The summed E-state index contributed by atoms with van der Waals surface area (Å²) >= 11 is 1.33. The number of aromatic carboxylic acids is 1. The van der Waals surface area contributed by atoms with Gasteiger partial charge < -0.3 is 20.1 Å². The van der Waals surface area contributed by atoms with Crippen LogP contribution in [0, 0.1) is 24.5 Å². The number of piperidine rings is 1. The largest absolute Gasteiger partial charge is 0.478 e. The molecule has 46 heavy (non-hydrogen) atoms. The molecule has 240 valence electrons. The van der Waals surface area contributed by atoms with Gasteiger partial charge in [-0.1, -0.05) is 12.1 Å². The number of thiazole rings is 1. The van der Waals surface area contributed by atoms with Crippen LogP contribution in [0.25, 0.3) is 0 Å². The maximum Gasteiger partial charge on any atom is 0.338 e. The second-order valence-corrected chi connectivity index (χ2v) is 12.2. The van der Waals surface area contributed by atoms with E-state index in [1.54, 1.807) is 37.6 Å². The van der Waals surface area contributed by atoms with Crippen LogP contribution in [0.15, 0.2) is 64.2 Å². The van der Waals surface area contributed by atoms with E-state index in [0.29, 0.717) is 27.7 Å². The number of rotatable bonds is 8. The monoisotopic (exact) mass is 653 g/mol. The minimum absolute atomic E-state index is 0.0889. The molecular formula is C32H30F3N5O5S. The Morgan fingerprint density at radius 2 is 2.00 bits per heavy atom. The third-order valence-electron chi connectivity index (χ3n) is 8.65. The third-order valence-corrected chi connectivity index (χ3v) is 9.43. The molecule has 3 aliphatic rings. The second-order valence-electron chi connectivity index (χ2n) is 11.3. The lowest BCUT2D eigenvalue weighted by atomic mass is 9.84. The van der Waals surface area contributed by atoms with E-state index < -0.39 is 47.1 Å². The number of halogens is 3. The molecule has 0 spiro atoms. The Kier molecular flexibility index (Phi) is 8.42. The number of hydrogen-bond acceptors (Lipinski definition) is 9. The first kappa shape index (κ1) is 31.4. The van der Waals surface area contributed by atoms with Crippen LogP contribution in [-0.4, -0.2) is 77.1 Å². The molecule has 3 atom stereocenters. The van der Waals surface area contributed by atoms with Gasteiger partial charge in [0.05, 0.1) is 23.4 Å². The van der Waals surface area contributed by atoms with Gasteiger partial charge in [0.15, 0.2) is 16.5 Å². The Bertz CT molecular complexity index is 1780. The normalized spacial score (nSPS) is 23.2. The number of ether oxygens (including phenoxy) is 1. The molecule has 4 heterocycles. The third kappa shape index (κ3) is 5.55. The van der Waals surface area contributed by atoms with E-state index in [1.807, 2.05) is 4.90 Å². The summed E-state index contributed by atoms with van der Waals surface area (Å²) in [5.74, 6) is -4.68. The average molecular weight is 654 g/mol. The number of likely N-dealkylation sites (tertiary alicyclic amines) is 1. The number of aliphatic imine (C=N–C) groups is 1. The number of esters is 1. The van der Waals surface area contributed by atoms with Crippen LogP contribution >= 0.6 is 11.3 Å². The zero-order valence-corrected chi connectivity index (χ0v) is 25.7. The predicted molar refractivity (Wildman–Crippen MR) is 163 cm³/mol. The zero-order valence-electron chi connectivity index (χ0n) is 24.9. The number of amidine groups is 1. The van der Waals surface area contributed by atoms with Gasteiger partial charge in [0, 0.05) is 55.8 Å². The highest BCUT2D eigenvalue weighted by Crippen LogP contribution is 2.43. The number of nitrogens with zero attached hydrogens (tertiary/aromatic N) is 4. The number of alkyl halides is 1. The first-order valence-corrected chi connectivity index (χ1v) is 15.6. The number of benzene rings is 2. The Labute approximate surface area is 266 Å². The molecule has 3 aliphatic heterocycles. The lowest BCUT2D eigenvalue weighted by Crippen LogP contribution is -2.52. The Morgan fingerprint density at radius 1 is 1.20 bits per heavy atom. The molecule has 10 nitrogen and oxygen atoms in total. The highest BCUT2D eigenvalue weighted by Gasteiger charge is 2.57. The number of carboxylic acid groups (broad SMARTS) is 1. The van der Waals surface area contributed by atoms with Crippen molar-refractivity contribution in [2.24, 2.45) is 10.9 Å². The van der Waals surface area contributed by atoms with Crippen molar-refractivity contribution in [3.05, 3.63) is 92.6 Å². The standard InChI is InChI=1S/C32H30F3N5O5S/c1-3-45-30(43)25-23(37-27(28-36-10-12-46-28)38-26(25)20-5-4-6-21(33)17(20)2)16-39-11-9-32(35)19(14-39)15-40(31(32)44)24-8-7-18(29(41)42)13-22(24)34/h4-8,10,12-13,19,26H,3,9,11,14-16H2,1-2H3,(H,37,38)(H,41,42)/t19-,26-,32+/m0/s1. The molecule has 0 radical (unpaired) electrons. The minimum atomic E-state index is -2.25. The summed E-state index contributed by atoms with van der Waals surface area (Å²) in [6, 6.07) is 6.81. The highest BCUT2D eigenvalue weighted by molar-refractivity contribution is 7.11. The molecule has 14 heteroatoms. The first-order valence-electron chi connectivity index (χ1n) is 14.7. The molecule has 0 saturated carbocycles. The molecule has 6 rings (SSSR count). The van der Waals surface area contributed by atoms with Gasteiger partial charge in [-0.15, -0.1) is 11.3 Å². The van der Waals surface area contributed by atoms with E-state index in [0.717, 1.165) is 11.0 Å². The summed E-state index contributed by atoms with van der Waals surface area (Å²) < 4.78 is 51.4. The number of nitrogens with one attached hydrogen (secondary N) is 1. The maximum absolute atomic E-state index is 16.3. The molecule has 0 aliphatic carbocycles. The van der Waals surface area contributed by atoms with Gasteiger partial charge >= 0.3 is 11.9 Å². The van der Waals surface area contributed by atoms with Crippen LogP contribution in [0.4, 0.5) is 18.9 Å². The smallest absolute Gasteiger partial charge is 0.338 e. The fourth-order valence-corrected chi connectivity index (χ4v) is 6.87. The molecule has 2 saturated heterocycles. The van der Waals surface area contributed by atoms with Crippen LogP contribution in [0.2, 0.25) is 0 Å². The number of carbonyl (C=O) groups excluding carboxylic acids is 2. The van der Waals surface area contributed by atoms with Gasteiger partial charge in [-0.05, 0) is 49.2 Å².